The van der Waals surface area contributed by atoms with Crippen LogP contribution in [0.3, 0.4) is 0 Å². The number of aliphatic hydroxyl groups is 1. The lowest BCUT2D eigenvalue weighted by Crippen LogP contribution is -2.32. The summed E-state index contributed by atoms with van der Waals surface area (Å²) in [5.74, 6) is -0.486. The topological polar surface area (TPSA) is 40.5 Å². The molecule has 4 heteroatoms. The molecular weight excluding hydrogens is 426 g/mol. The molecule has 0 saturated carbocycles. The van der Waals surface area contributed by atoms with Crippen molar-refractivity contribution in [1.82, 2.24) is 4.90 Å². The van der Waals surface area contributed by atoms with Gasteiger partial charge in [0.2, 0.25) is 0 Å². The molecule has 0 saturated heterocycles. The predicted molar refractivity (Wildman–Crippen MR) is 119 cm³/mol. The first-order chi connectivity index (χ1) is 14.1. The molecule has 3 aromatic carbocycles. The predicted octanol–water partition coefficient (Wildman–Crippen LogP) is 5.85. The van der Waals surface area contributed by atoms with Crippen molar-refractivity contribution in [3.8, 4) is 0 Å². The second-order valence-electron chi connectivity index (χ2n) is 7.29. The highest BCUT2D eigenvalue weighted by atomic mass is 79.9. The molecular formula is C25H22BrNO2. The first kappa shape index (κ1) is 19.5. The Kier molecular flexibility index (Phi) is 5.54. The Hall–Kier alpha value is -2.85. The molecule has 1 atom stereocenters. The van der Waals surface area contributed by atoms with Crippen LogP contribution < -0.4 is 0 Å². The average molecular weight is 448 g/mol. The molecule has 1 heterocycles. The fraction of sp³-hybridized carbons (Fsp3) is 0.160. The van der Waals surface area contributed by atoms with Crippen LogP contribution in [0.25, 0.3) is 5.57 Å². The SMILES string of the molecule is Cc1ccc(C2=C(O)C(=O)N(CCc3ccccc3)[C@@H]2c2ccccc2Br)cc1. The highest BCUT2D eigenvalue weighted by Crippen LogP contribution is 2.45. The summed E-state index contributed by atoms with van der Waals surface area (Å²) in [6, 6.07) is 25.6. The van der Waals surface area contributed by atoms with Crippen molar-refractivity contribution in [1.29, 1.82) is 0 Å². The van der Waals surface area contributed by atoms with Crippen LogP contribution in [0.4, 0.5) is 0 Å². The van der Waals surface area contributed by atoms with Crippen molar-refractivity contribution in [3.63, 3.8) is 0 Å². The Bertz CT molecular complexity index is 1060. The molecule has 0 fully saturated rings. The Balaban J connectivity index is 1.76. The van der Waals surface area contributed by atoms with Crippen LogP contribution in [0.1, 0.15) is 28.3 Å². The van der Waals surface area contributed by atoms with Crippen LogP contribution in [0.5, 0.6) is 0 Å². The lowest BCUT2D eigenvalue weighted by molar-refractivity contribution is -0.129. The van der Waals surface area contributed by atoms with E-state index in [2.05, 4.69) is 28.1 Å². The summed E-state index contributed by atoms with van der Waals surface area (Å²) in [6.45, 7) is 2.55. The summed E-state index contributed by atoms with van der Waals surface area (Å²) in [6.07, 6.45) is 0.724. The number of amides is 1. The van der Waals surface area contributed by atoms with Gasteiger partial charge in [-0.05, 0) is 36.1 Å². The van der Waals surface area contributed by atoms with E-state index >= 15 is 0 Å². The highest BCUT2D eigenvalue weighted by molar-refractivity contribution is 9.10. The minimum absolute atomic E-state index is 0.164. The largest absolute Gasteiger partial charge is 0.503 e. The van der Waals surface area contributed by atoms with Crippen LogP contribution in [0.15, 0.2) is 89.1 Å². The van der Waals surface area contributed by atoms with Crippen molar-refractivity contribution in [2.24, 2.45) is 0 Å². The number of rotatable bonds is 5. The first-order valence-corrected chi connectivity index (χ1v) is 10.4. The van der Waals surface area contributed by atoms with Crippen LogP contribution in [0, 0.1) is 6.92 Å². The smallest absolute Gasteiger partial charge is 0.289 e. The molecule has 0 bridgehead atoms. The molecule has 1 amide bonds. The van der Waals surface area contributed by atoms with Gasteiger partial charge in [-0.1, -0.05) is 94.3 Å². The van der Waals surface area contributed by atoms with Crippen molar-refractivity contribution in [2.75, 3.05) is 6.54 Å². The number of aliphatic hydroxyl groups excluding tert-OH is 1. The molecule has 29 heavy (non-hydrogen) atoms. The van der Waals surface area contributed by atoms with Crippen molar-refractivity contribution >= 4 is 27.4 Å². The summed E-state index contributed by atoms with van der Waals surface area (Å²) in [7, 11) is 0. The van der Waals surface area contributed by atoms with E-state index in [1.807, 2.05) is 73.7 Å². The van der Waals surface area contributed by atoms with E-state index in [1.54, 1.807) is 4.90 Å². The lowest BCUT2D eigenvalue weighted by atomic mass is 9.93. The Morgan fingerprint density at radius 1 is 0.931 bits per heavy atom. The van der Waals surface area contributed by atoms with Gasteiger partial charge in [-0.2, -0.15) is 0 Å². The van der Waals surface area contributed by atoms with Gasteiger partial charge in [-0.3, -0.25) is 4.79 Å². The van der Waals surface area contributed by atoms with E-state index in [1.165, 1.54) is 0 Å². The summed E-state index contributed by atoms with van der Waals surface area (Å²) in [5, 5.41) is 10.8. The zero-order chi connectivity index (χ0) is 20.4. The Morgan fingerprint density at radius 2 is 1.59 bits per heavy atom. The molecule has 4 rings (SSSR count). The summed E-state index contributed by atoms with van der Waals surface area (Å²) >= 11 is 3.64. The van der Waals surface area contributed by atoms with Crippen LogP contribution >= 0.6 is 15.9 Å². The molecule has 0 unspecified atom stereocenters. The van der Waals surface area contributed by atoms with Gasteiger partial charge in [-0.25, -0.2) is 0 Å². The van der Waals surface area contributed by atoms with Crippen molar-refractivity contribution in [2.45, 2.75) is 19.4 Å². The molecule has 1 aliphatic heterocycles. The van der Waals surface area contributed by atoms with Gasteiger partial charge in [0, 0.05) is 16.6 Å². The molecule has 0 spiro atoms. The summed E-state index contributed by atoms with van der Waals surface area (Å²) in [4.78, 5) is 14.9. The maximum Gasteiger partial charge on any atom is 0.289 e. The molecule has 3 nitrogen and oxygen atoms in total. The summed E-state index contributed by atoms with van der Waals surface area (Å²) in [5.41, 5.74) is 4.79. The molecule has 0 radical (unpaired) electrons. The van der Waals surface area contributed by atoms with Crippen molar-refractivity contribution < 1.29 is 9.90 Å². The fourth-order valence-corrected chi connectivity index (χ4v) is 4.33. The van der Waals surface area contributed by atoms with Gasteiger partial charge < -0.3 is 10.0 Å². The molecule has 0 aromatic heterocycles. The van der Waals surface area contributed by atoms with Crippen LogP contribution in [-0.4, -0.2) is 22.5 Å². The average Bonchev–Trinajstić information content (AvgIpc) is 2.98. The normalized spacial score (nSPS) is 16.6. The number of halogens is 1. The Morgan fingerprint density at radius 3 is 2.28 bits per heavy atom. The lowest BCUT2D eigenvalue weighted by Gasteiger charge is -2.28. The highest BCUT2D eigenvalue weighted by Gasteiger charge is 2.41. The van der Waals surface area contributed by atoms with Crippen LogP contribution in [-0.2, 0) is 11.2 Å². The number of carbonyl (C=O) groups excluding carboxylic acids is 1. The zero-order valence-electron chi connectivity index (χ0n) is 16.2. The first-order valence-electron chi connectivity index (χ1n) is 9.66. The number of nitrogens with zero attached hydrogens (tertiary/aromatic N) is 1. The van der Waals surface area contributed by atoms with E-state index < -0.39 is 0 Å². The third-order valence-corrected chi connectivity index (χ3v) is 6.07. The molecule has 1 aliphatic rings. The second kappa shape index (κ2) is 8.26. The third kappa shape index (κ3) is 3.85. The number of hydrogen-bond donors (Lipinski definition) is 1. The molecule has 146 valence electrons. The van der Waals surface area contributed by atoms with Gasteiger partial charge in [-0.15, -0.1) is 0 Å². The van der Waals surface area contributed by atoms with Gasteiger partial charge >= 0.3 is 0 Å². The minimum Gasteiger partial charge on any atom is -0.503 e. The number of hydrogen-bond acceptors (Lipinski definition) is 2. The number of benzene rings is 3. The third-order valence-electron chi connectivity index (χ3n) is 5.35. The van der Waals surface area contributed by atoms with Gasteiger partial charge in [0.1, 0.15) is 0 Å². The standard InChI is InChI=1S/C25H22BrNO2/c1-17-11-13-19(14-12-17)22-23(20-9-5-6-10-21(20)26)27(25(29)24(22)28)16-15-18-7-3-2-4-8-18/h2-14,23,28H,15-16H2,1H3/t23-/m1/s1. The van der Waals surface area contributed by atoms with Crippen molar-refractivity contribution in [3.05, 3.63) is 111 Å². The molecule has 3 aromatic rings. The maximum absolute atomic E-state index is 13.1. The summed E-state index contributed by atoms with van der Waals surface area (Å²) < 4.78 is 0.918. The number of carbonyl (C=O) groups is 1. The monoisotopic (exact) mass is 447 g/mol. The van der Waals surface area contributed by atoms with E-state index in [-0.39, 0.29) is 17.7 Å². The van der Waals surface area contributed by atoms with Gasteiger partial charge in [0.05, 0.1) is 6.04 Å². The molecule has 0 aliphatic carbocycles. The maximum atomic E-state index is 13.1. The van der Waals surface area contributed by atoms with E-state index in [4.69, 9.17) is 0 Å². The van der Waals surface area contributed by atoms with E-state index in [9.17, 15) is 9.90 Å². The minimum atomic E-state index is -0.343. The molecule has 1 N–H and O–H groups in total. The number of aryl methyl sites for hydroxylation is 1. The quantitative estimate of drug-likeness (QED) is 0.532. The van der Waals surface area contributed by atoms with Gasteiger partial charge in [0.25, 0.3) is 5.91 Å². The second-order valence-corrected chi connectivity index (χ2v) is 8.14. The fourth-order valence-electron chi connectivity index (χ4n) is 3.83. The Labute approximate surface area is 179 Å². The van der Waals surface area contributed by atoms with Crippen LogP contribution in [0.2, 0.25) is 0 Å². The van der Waals surface area contributed by atoms with E-state index in [0.29, 0.717) is 12.1 Å². The van der Waals surface area contributed by atoms with E-state index in [0.717, 1.165) is 33.1 Å². The zero-order valence-corrected chi connectivity index (χ0v) is 17.8. The van der Waals surface area contributed by atoms with Gasteiger partial charge in [0.15, 0.2) is 5.76 Å².